The van der Waals surface area contributed by atoms with Gasteiger partial charge in [0.2, 0.25) is 0 Å². The minimum Gasteiger partial charge on any atom is -0.492 e. The summed E-state index contributed by atoms with van der Waals surface area (Å²) in [7, 11) is -3.13. The van der Waals surface area contributed by atoms with E-state index in [1.54, 1.807) is 24.3 Å². The third-order valence-corrected chi connectivity index (χ3v) is 3.97. The minimum atomic E-state index is -3.13. The third kappa shape index (κ3) is 6.07. The molecule has 0 saturated heterocycles. The van der Waals surface area contributed by atoms with Gasteiger partial charge in [0, 0.05) is 18.8 Å². The molecule has 0 radical (unpaired) electrons. The van der Waals surface area contributed by atoms with Crippen LogP contribution in [0.15, 0.2) is 29.2 Å². The molecule has 1 aromatic carbocycles. The summed E-state index contributed by atoms with van der Waals surface area (Å²) >= 11 is 0. The number of ether oxygens (including phenoxy) is 1. The summed E-state index contributed by atoms with van der Waals surface area (Å²) in [6.07, 6.45) is 3.52. The molecule has 1 N–H and O–H groups in total. The lowest BCUT2D eigenvalue weighted by Gasteiger charge is -2.13. The molecule has 0 aromatic heterocycles. The number of hydrogen-bond acceptors (Lipinski definition) is 4. The van der Waals surface area contributed by atoms with Gasteiger partial charge in [-0.2, -0.15) is 0 Å². The van der Waals surface area contributed by atoms with Crippen molar-refractivity contribution in [2.24, 2.45) is 0 Å². The Morgan fingerprint density at radius 3 is 2.42 bits per heavy atom. The maximum Gasteiger partial charge on any atom is 0.175 e. The average molecular weight is 285 g/mol. The summed E-state index contributed by atoms with van der Waals surface area (Å²) in [5, 5.41) is 3.37. The molecule has 1 unspecified atom stereocenters. The van der Waals surface area contributed by atoms with Gasteiger partial charge in [-0.05, 0) is 37.6 Å². The van der Waals surface area contributed by atoms with Crippen LogP contribution in [0.5, 0.6) is 5.75 Å². The SMILES string of the molecule is CCCC(C)NCCOc1ccc(S(C)(=O)=O)cc1. The molecule has 5 heteroatoms. The van der Waals surface area contributed by atoms with Gasteiger partial charge in [-0.1, -0.05) is 13.3 Å². The molecule has 108 valence electrons. The van der Waals surface area contributed by atoms with Gasteiger partial charge in [0.1, 0.15) is 12.4 Å². The second kappa shape index (κ2) is 7.50. The Hall–Kier alpha value is -1.07. The van der Waals surface area contributed by atoms with Crippen LogP contribution < -0.4 is 10.1 Å². The van der Waals surface area contributed by atoms with Crippen LogP contribution in [0.3, 0.4) is 0 Å². The number of rotatable bonds is 8. The van der Waals surface area contributed by atoms with Crippen molar-refractivity contribution in [1.82, 2.24) is 5.32 Å². The Morgan fingerprint density at radius 1 is 1.26 bits per heavy atom. The predicted octanol–water partition coefficient (Wildman–Crippen LogP) is 2.25. The van der Waals surface area contributed by atoms with E-state index in [4.69, 9.17) is 4.74 Å². The van der Waals surface area contributed by atoms with Gasteiger partial charge in [0.25, 0.3) is 0 Å². The minimum absolute atomic E-state index is 0.314. The van der Waals surface area contributed by atoms with E-state index in [1.807, 2.05) is 0 Å². The first-order valence-electron chi connectivity index (χ1n) is 6.59. The van der Waals surface area contributed by atoms with Gasteiger partial charge in [0.15, 0.2) is 9.84 Å². The van der Waals surface area contributed by atoms with Crippen LogP contribution in [0.1, 0.15) is 26.7 Å². The van der Waals surface area contributed by atoms with Gasteiger partial charge >= 0.3 is 0 Å². The Bertz CT molecular complexity index is 468. The first kappa shape index (κ1) is 16.0. The molecule has 0 heterocycles. The molecular weight excluding hydrogens is 262 g/mol. The van der Waals surface area contributed by atoms with E-state index >= 15 is 0 Å². The Labute approximate surface area is 116 Å². The highest BCUT2D eigenvalue weighted by Gasteiger charge is 2.06. The fourth-order valence-electron chi connectivity index (χ4n) is 1.79. The standard InChI is InChI=1S/C14H23NO3S/c1-4-5-12(2)15-10-11-18-13-6-8-14(9-7-13)19(3,16)17/h6-9,12,15H,4-5,10-11H2,1-3H3. The monoisotopic (exact) mass is 285 g/mol. The largest absolute Gasteiger partial charge is 0.492 e. The molecule has 0 fully saturated rings. The molecule has 0 aliphatic heterocycles. The summed E-state index contributed by atoms with van der Waals surface area (Å²) in [6.45, 7) is 5.68. The fourth-order valence-corrected chi connectivity index (χ4v) is 2.42. The van der Waals surface area contributed by atoms with Crippen LogP contribution in [0.25, 0.3) is 0 Å². The Morgan fingerprint density at radius 2 is 1.89 bits per heavy atom. The summed E-state index contributed by atoms with van der Waals surface area (Å²) in [4.78, 5) is 0.314. The second-order valence-electron chi connectivity index (χ2n) is 4.74. The van der Waals surface area contributed by atoms with Gasteiger partial charge in [-0.25, -0.2) is 8.42 Å². The molecule has 1 atom stereocenters. The maximum absolute atomic E-state index is 11.3. The van der Waals surface area contributed by atoms with Crippen LogP contribution in [0.4, 0.5) is 0 Å². The summed E-state index contributed by atoms with van der Waals surface area (Å²) in [5.74, 6) is 0.692. The molecule has 19 heavy (non-hydrogen) atoms. The molecule has 1 aromatic rings. The van der Waals surface area contributed by atoms with E-state index in [2.05, 4.69) is 19.2 Å². The zero-order valence-corrected chi connectivity index (χ0v) is 12.7. The maximum atomic E-state index is 11.3. The molecule has 0 aliphatic rings. The molecule has 1 rings (SSSR count). The van der Waals surface area contributed by atoms with Crippen molar-refractivity contribution < 1.29 is 13.2 Å². The van der Waals surface area contributed by atoms with Gasteiger partial charge in [0.05, 0.1) is 4.90 Å². The summed E-state index contributed by atoms with van der Waals surface area (Å²) < 4.78 is 28.1. The molecule has 0 spiro atoms. The molecule has 0 saturated carbocycles. The van der Waals surface area contributed by atoms with Crippen molar-refractivity contribution in [3.63, 3.8) is 0 Å². The van der Waals surface area contributed by atoms with Crippen molar-refractivity contribution in [3.8, 4) is 5.75 Å². The highest BCUT2D eigenvalue weighted by Crippen LogP contribution is 2.15. The highest BCUT2D eigenvalue weighted by atomic mass is 32.2. The quantitative estimate of drug-likeness (QED) is 0.744. The average Bonchev–Trinajstić information content (AvgIpc) is 2.34. The van der Waals surface area contributed by atoms with Crippen molar-refractivity contribution in [1.29, 1.82) is 0 Å². The van der Waals surface area contributed by atoms with E-state index in [1.165, 1.54) is 12.7 Å². The molecular formula is C14H23NO3S. The van der Waals surface area contributed by atoms with E-state index in [-0.39, 0.29) is 0 Å². The lowest BCUT2D eigenvalue weighted by molar-refractivity contribution is 0.304. The predicted molar refractivity (Wildman–Crippen MR) is 77.4 cm³/mol. The third-order valence-electron chi connectivity index (χ3n) is 2.84. The Balaban J connectivity index is 2.35. The van der Waals surface area contributed by atoms with Gasteiger partial charge in [-0.3, -0.25) is 0 Å². The first-order valence-corrected chi connectivity index (χ1v) is 8.49. The lowest BCUT2D eigenvalue weighted by Crippen LogP contribution is -2.29. The normalized spacial score (nSPS) is 13.2. The highest BCUT2D eigenvalue weighted by molar-refractivity contribution is 7.90. The molecule has 0 amide bonds. The fraction of sp³-hybridized carbons (Fsp3) is 0.571. The van der Waals surface area contributed by atoms with Crippen LogP contribution in [-0.2, 0) is 9.84 Å². The van der Waals surface area contributed by atoms with E-state index in [9.17, 15) is 8.42 Å². The van der Waals surface area contributed by atoms with Crippen LogP contribution in [0, 0.1) is 0 Å². The molecule has 4 nitrogen and oxygen atoms in total. The molecule has 0 aliphatic carbocycles. The number of nitrogens with one attached hydrogen (secondary N) is 1. The lowest BCUT2D eigenvalue weighted by atomic mass is 10.2. The van der Waals surface area contributed by atoms with Crippen LogP contribution >= 0.6 is 0 Å². The molecule has 0 bridgehead atoms. The first-order chi connectivity index (χ1) is 8.93. The van der Waals surface area contributed by atoms with Crippen molar-refractivity contribution in [2.75, 3.05) is 19.4 Å². The second-order valence-corrected chi connectivity index (χ2v) is 6.75. The smallest absolute Gasteiger partial charge is 0.175 e. The Kier molecular flexibility index (Phi) is 6.31. The number of sulfone groups is 1. The van der Waals surface area contributed by atoms with E-state index in [0.29, 0.717) is 23.3 Å². The zero-order valence-electron chi connectivity index (χ0n) is 11.8. The topological polar surface area (TPSA) is 55.4 Å². The van der Waals surface area contributed by atoms with Gasteiger partial charge < -0.3 is 10.1 Å². The number of benzene rings is 1. The van der Waals surface area contributed by atoms with Crippen molar-refractivity contribution in [2.45, 2.75) is 37.6 Å². The van der Waals surface area contributed by atoms with E-state index in [0.717, 1.165) is 13.0 Å². The van der Waals surface area contributed by atoms with Crippen LogP contribution in [0.2, 0.25) is 0 Å². The number of hydrogen-bond donors (Lipinski definition) is 1. The summed E-state index contributed by atoms with van der Waals surface area (Å²) in [5.41, 5.74) is 0. The zero-order chi connectivity index (χ0) is 14.3. The summed E-state index contributed by atoms with van der Waals surface area (Å²) in [6, 6.07) is 7.01. The van der Waals surface area contributed by atoms with Crippen molar-refractivity contribution in [3.05, 3.63) is 24.3 Å². The van der Waals surface area contributed by atoms with E-state index < -0.39 is 9.84 Å². The van der Waals surface area contributed by atoms with Gasteiger partial charge in [-0.15, -0.1) is 0 Å². The van der Waals surface area contributed by atoms with Crippen molar-refractivity contribution >= 4 is 9.84 Å². The van der Waals surface area contributed by atoms with Crippen LogP contribution in [-0.4, -0.2) is 33.9 Å².